The number of hydrogen-bond donors (Lipinski definition) is 0. The van der Waals surface area contributed by atoms with Gasteiger partial charge >= 0.3 is 0 Å². The molecule has 0 aromatic carbocycles. The summed E-state index contributed by atoms with van der Waals surface area (Å²) in [5.74, 6) is 1.71. The molecule has 1 saturated heterocycles. The maximum Gasteiger partial charge on any atom is 0.226 e. The number of piperazine rings is 1. The number of rotatable bonds is 4. The van der Waals surface area contributed by atoms with E-state index in [1.807, 2.05) is 37.3 Å². The summed E-state index contributed by atoms with van der Waals surface area (Å²) >= 11 is 0. The highest BCUT2D eigenvalue weighted by atomic mass is 16.5. The summed E-state index contributed by atoms with van der Waals surface area (Å²) in [5.41, 5.74) is 2.10. The first kappa shape index (κ1) is 15.4. The summed E-state index contributed by atoms with van der Waals surface area (Å²) in [5, 5.41) is 8.13. The zero-order valence-corrected chi connectivity index (χ0v) is 14.2. The van der Waals surface area contributed by atoms with Gasteiger partial charge in [-0.05, 0) is 24.8 Å². The van der Waals surface area contributed by atoms with Crippen LogP contribution in [0.4, 0.5) is 0 Å². The molecule has 1 amide bonds. The Labute approximate surface area is 141 Å². The van der Waals surface area contributed by atoms with Crippen molar-refractivity contribution in [2.24, 2.45) is 13.0 Å². The van der Waals surface area contributed by atoms with Crippen molar-refractivity contribution in [3.05, 3.63) is 35.5 Å². The SMILES string of the molecule is Cc1cc(CN2CCN(C(=O)C3CC3c3cnn(C)c3)CC2)on1. The Morgan fingerprint density at radius 2 is 2.12 bits per heavy atom. The average molecular weight is 329 g/mol. The molecule has 0 spiro atoms. The highest BCUT2D eigenvalue weighted by Gasteiger charge is 2.46. The van der Waals surface area contributed by atoms with Gasteiger partial charge in [0.05, 0.1) is 18.4 Å². The predicted octanol–water partition coefficient (Wildman–Crippen LogP) is 1.16. The van der Waals surface area contributed by atoms with E-state index in [0.717, 1.165) is 50.6 Å². The monoisotopic (exact) mass is 329 g/mol. The molecular weight excluding hydrogens is 306 g/mol. The lowest BCUT2D eigenvalue weighted by Crippen LogP contribution is -2.48. The van der Waals surface area contributed by atoms with Gasteiger partial charge in [-0.3, -0.25) is 14.4 Å². The number of aromatic nitrogens is 3. The van der Waals surface area contributed by atoms with Crippen LogP contribution in [-0.2, 0) is 18.4 Å². The predicted molar refractivity (Wildman–Crippen MR) is 87.2 cm³/mol. The minimum Gasteiger partial charge on any atom is -0.360 e. The van der Waals surface area contributed by atoms with E-state index in [2.05, 4.69) is 15.2 Å². The standard InChI is InChI=1S/C17H23N5O2/c1-12-7-14(24-19-12)11-21-3-5-22(6-4-21)17(23)16-8-15(16)13-9-18-20(2)10-13/h7,9-10,15-16H,3-6,8,11H2,1-2H3. The van der Waals surface area contributed by atoms with Gasteiger partial charge in [0.25, 0.3) is 0 Å². The maximum absolute atomic E-state index is 12.7. The van der Waals surface area contributed by atoms with Crippen molar-refractivity contribution in [3.8, 4) is 0 Å². The minimum absolute atomic E-state index is 0.151. The third-order valence-corrected chi connectivity index (χ3v) is 5.00. The van der Waals surface area contributed by atoms with Crippen molar-refractivity contribution in [3.63, 3.8) is 0 Å². The third-order valence-electron chi connectivity index (χ3n) is 5.00. The zero-order valence-electron chi connectivity index (χ0n) is 14.2. The number of nitrogens with zero attached hydrogens (tertiary/aromatic N) is 5. The van der Waals surface area contributed by atoms with Crippen molar-refractivity contribution in [2.45, 2.75) is 25.8 Å². The number of amides is 1. The zero-order chi connectivity index (χ0) is 16.7. The van der Waals surface area contributed by atoms with Crippen LogP contribution in [0.25, 0.3) is 0 Å². The molecule has 2 fully saturated rings. The van der Waals surface area contributed by atoms with E-state index in [0.29, 0.717) is 11.8 Å². The summed E-state index contributed by atoms with van der Waals surface area (Å²) in [6.07, 6.45) is 4.87. The number of hydrogen-bond acceptors (Lipinski definition) is 5. The van der Waals surface area contributed by atoms with Crippen LogP contribution in [0.1, 0.15) is 29.4 Å². The van der Waals surface area contributed by atoms with Crippen LogP contribution in [0.15, 0.2) is 23.0 Å². The lowest BCUT2D eigenvalue weighted by atomic mass is 10.1. The molecule has 3 heterocycles. The van der Waals surface area contributed by atoms with Gasteiger partial charge < -0.3 is 9.42 Å². The highest BCUT2D eigenvalue weighted by Crippen LogP contribution is 2.48. The molecular formula is C17H23N5O2. The summed E-state index contributed by atoms with van der Waals surface area (Å²) in [7, 11) is 1.91. The molecule has 7 nitrogen and oxygen atoms in total. The van der Waals surface area contributed by atoms with E-state index >= 15 is 0 Å². The fourth-order valence-corrected chi connectivity index (χ4v) is 3.54. The topological polar surface area (TPSA) is 67.4 Å². The van der Waals surface area contributed by atoms with Crippen LogP contribution >= 0.6 is 0 Å². The number of carbonyl (C=O) groups excluding carboxylic acids is 1. The summed E-state index contributed by atoms with van der Waals surface area (Å²) in [6.45, 7) is 6.05. The van der Waals surface area contributed by atoms with Gasteiger partial charge in [-0.25, -0.2) is 0 Å². The van der Waals surface area contributed by atoms with E-state index in [9.17, 15) is 4.79 Å². The third kappa shape index (κ3) is 3.08. The Hall–Kier alpha value is -2.15. The van der Waals surface area contributed by atoms with Crippen molar-refractivity contribution in [1.82, 2.24) is 24.7 Å². The Morgan fingerprint density at radius 1 is 1.33 bits per heavy atom. The summed E-state index contributed by atoms with van der Waals surface area (Å²) in [6, 6.07) is 1.97. The van der Waals surface area contributed by atoms with Gasteiger partial charge in [0.2, 0.25) is 5.91 Å². The molecule has 1 aliphatic carbocycles. The van der Waals surface area contributed by atoms with E-state index in [4.69, 9.17) is 4.52 Å². The normalized spacial score (nSPS) is 24.3. The molecule has 1 saturated carbocycles. The van der Waals surface area contributed by atoms with E-state index in [-0.39, 0.29) is 5.92 Å². The van der Waals surface area contributed by atoms with Crippen LogP contribution in [0, 0.1) is 12.8 Å². The number of aryl methyl sites for hydroxylation is 2. The molecule has 2 unspecified atom stereocenters. The lowest BCUT2D eigenvalue weighted by molar-refractivity contribution is -0.134. The highest BCUT2D eigenvalue weighted by molar-refractivity contribution is 5.83. The first-order valence-electron chi connectivity index (χ1n) is 8.52. The number of carbonyl (C=O) groups is 1. The molecule has 2 aromatic heterocycles. The Bertz CT molecular complexity index is 729. The van der Waals surface area contributed by atoms with Crippen LogP contribution in [-0.4, -0.2) is 56.8 Å². The molecule has 4 rings (SSSR count). The van der Waals surface area contributed by atoms with Crippen LogP contribution in [0.5, 0.6) is 0 Å². The Balaban J connectivity index is 1.28. The molecule has 0 bridgehead atoms. The molecule has 1 aliphatic heterocycles. The largest absolute Gasteiger partial charge is 0.360 e. The molecule has 128 valence electrons. The first-order chi connectivity index (χ1) is 11.6. The van der Waals surface area contributed by atoms with Gasteiger partial charge in [0.1, 0.15) is 0 Å². The van der Waals surface area contributed by atoms with Crippen LogP contribution < -0.4 is 0 Å². The Morgan fingerprint density at radius 3 is 2.75 bits per heavy atom. The molecule has 7 heteroatoms. The van der Waals surface area contributed by atoms with Crippen LogP contribution in [0.3, 0.4) is 0 Å². The molecule has 0 radical (unpaired) electrons. The lowest BCUT2D eigenvalue weighted by Gasteiger charge is -2.34. The first-order valence-corrected chi connectivity index (χ1v) is 8.52. The van der Waals surface area contributed by atoms with Gasteiger partial charge in [-0.15, -0.1) is 0 Å². The van der Waals surface area contributed by atoms with Gasteiger partial charge in [-0.1, -0.05) is 5.16 Å². The summed E-state index contributed by atoms with van der Waals surface area (Å²) in [4.78, 5) is 17.0. The molecule has 24 heavy (non-hydrogen) atoms. The van der Waals surface area contributed by atoms with E-state index in [1.54, 1.807) is 4.68 Å². The van der Waals surface area contributed by atoms with Crippen molar-refractivity contribution in [2.75, 3.05) is 26.2 Å². The second kappa shape index (κ2) is 6.05. The quantitative estimate of drug-likeness (QED) is 0.842. The second-order valence-corrected chi connectivity index (χ2v) is 6.93. The maximum atomic E-state index is 12.7. The minimum atomic E-state index is 0.151. The average Bonchev–Trinajstić information content (AvgIpc) is 3.09. The van der Waals surface area contributed by atoms with Crippen molar-refractivity contribution < 1.29 is 9.32 Å². The van der Waals surface area contributed by atoms with E-state index in [1.165, 1.54) is 5.56 Å². The molecule has 2 aliphatic rings. The Kier molecular flexibility index (Phi) is 3.88. The molecule has 2 aromatic rings. The van der Waals surface area contributed by atoms with Gasteiger partial charge in [-0.2, -0.15) is 5.10 Å². The fourth-order valence-electron chi connectivity index (χ4n) is 3.54. The van der Waals surface area contributed by atoms with Gasteiger partial charge in [0, 0.05) is 51.4 Å². The smallest absolute Gasteiger partial charge is 0.226 e. The second-order valence-electron chi connectivity index (χ2n) is 6.93. The fraction of sp³-hybridized carbons (Fsp3) is 0.588. The molecule has 0 N–H and O–H groups in total. The summed E-state index contributed by atoms with van der Waals surface area (Å²) < 4.78 is 7.08. The molecule has 2 atom stereocenters. The van der Waals surface area contributed by atoms with E-state index < -0.39 is 0 Å². The van der Waals surface area contributed by atoms with Crippen molar-refractivity contribution >= 4 is 5.91 Å². The van der Waals surface area contributed by atoms with Crippen molar-refractivity contribution in [1.29, 1.82) is 0 Å². The van der Waals surface area contributed by atoms with Crippen LogP contribution in [0.2, 0.25) is 0 Å². The van der Waals surface area contributed by atoms with Gasteiger partial charge in [0.15, 0.2) is 5.76 Å².